The van der Waals surface area contributed by atoms with Gasteiger partial charge in [-0.3, -0.25) is 10.1 Å². The number of piperidine rings is 1. The largest absolute Gasteiger partial charge is 0.493 e. The van der Waals surface area contributed by atoms with Crippen molar-refractivity contribution in [3.8, 4) is 11.5 Å². The Morgan fingerprint density at radius 1 is 1.35 bits per heavy atom. The number of nitro benzene ring substituents is 1. The van der Waals surface area contributed by atoms with Gasteiger partial charge in [-0.1, -0.05) is 0 Å². The van der Waals surface area contributed by atoms with Crippen LogP contribution < -0.4 is 20.1 Å². The molecule has 1 aromatic carbocycles. The van der Waals surface area contributed by atoms with Crippen LogP contribution in [0.5, 0.6) is 11.5 Å². The van der Waals surface area contributed by atoms with Crippen molar-refractivity contribution in [2.75, 3.05) is 32.2 Å². The van der Waals surface area contributed by atoms with E-state index in [0.717, 1.165) is 19.4 Å². The number of nitro groups is 1. The van der Waals surface area contributed by atoms with Crippen molar-refractivity contribution in [3.63, 3.8) is 0 Å². The summed E-state index contributed by atoms with van der Waals surface area (Å²) in [6.07, 6.45) is 1.87. The zero-order valence-corrected chi connectivity index (χ0v) is 11.7. The normalized spacial score (nSPS) is 18.8. The van der Waals surface area contributed by atoms with Gasteiger partial charge in [0.2, 0.25) is 0 Å². The Morgan fingerprint density at radius 2 is 2.00 bits per heavy atom. The molecule has 7 heteroatoms. The summed E-state index contributed by atoms with van der Waals surface area (Å²) in [6.45, 7) is 1.36. The number of rotatable bonds is 4. The summed E-state index contributed by atoms with van der Waals surface area (Å²) in [7, 11) is 2.97. The fourth-order valence-electron chi connectivity index (χ4n) is 2.49. The summed E-state index contributed by atoms with van der Waals surface area (Å²) < 4.78 is 10.3. The van der Waals surface area contributed by atoms with Crippen LogP contribution in [0.3, 0.4) is 0 Å². The second kappa shape index (κ2) is 5.96. The summed E-state index contributed by atoms with van der Waals surface area (Å²) >= 11 is 0. The Bertz CT molecular complexity index is 507. The zero-order valence-electron chi connectivity index (χ0n) is 11.7. The lowest BCUT2D eigenvalue weighted by atomic mass is 10.1. The number of nitrogens with two attached hydrogens (primary N) is 1. The lowest BCUT2D eigenvalue weighted by molar-refractivity contribution is -0.384. The van der Waals surface area contributed by atoms with E-state index in [1.54, 1.807) is 6.07 Å². The van der Waals surface area contributed by atoms with E-state index in [4.69, 9.17) is 15.2 Å². The maximum absolute atomic E-state index is 11.3. The molecular formula is C13H19N3O4. The molecule has 0 aromatic heterocycles. The second-order valence-corrected chi connectivity index (χ2v) is 4.80. The minimum Gasteiger partial charge on any atom is -0.493 e. The Kier molecular flexibility index (Phi) is 4.29. The van der Waals surface area contributed by atoms with E-state index in [-0.39, 0.29) is 11.7 Å². The molecule has 0 radical (unpaired) electrons. The monoisotopic (exact) mass is 281 g/mol. The van der Waals surface area contributed by atoms with Crippen LogP contribution in [0.4, 0.5) is 11.4 Å². The quantitative estimate of drug-likeness (QED) is 0.665. The highest BCUT2D eigenvalue weighted by atomic mass is 16.6. The summed E-state index contributed by atoms with van der Waals surface area (Å²) in [4.78, 5) is 12.8. The Morgan fingerprint density at radius 3 is 2.55 bits per heavy atom. The molecule has 1 fully saturated rings. The van der Waals surface area contributed by atoms with Crippen LogP contribution in [0.1, 0.15) is 12.8 Å². The number of nitrogens with zero attached hydrogens (tertiary/aromatic N) is 2. The van der Waals surface area contributed by atoms with Crippen molar-refractivity contribution in [2.24, 2.45) is 5.73 Å². The van der Waals surface area contributed by atoms with Crippen molar-refractivity contribution in [2.45, 2.75) is 18.9 Å². The van der Waals surface area contributed by atoms with E-state index in [1.165, 1.54) is 20.3 Å². The summed E-state index contributed by atoms with van der Waals surface area (Å²) in [5, 5.41) is 11.3. The Labute approximate surface area is 117 Å². The van der Waals surface area contributed by atoms with E-state index < -0.39 is 4.92 Å². The smallest absolute Gasteiger partial charge is 0.296 e. The van der Waals surface area contributed by atoms with Gasteiger partial charge in [-0.15, -0.1) is 0 Å². The van der Waals surface area contributed by atoms with E-state index >= 15 is 0 Å². The molecule has 1 unspecified atom stereocenters. The number of hydrogen-bond donors (Lipinski definition) is 1. The molecule has 0 bridgehead atoms. The lowest BCUT2D eigenvalue weighted by Crippen LogP contribution is -2.43. The minimum absolute atomic E-state index is 0.0109. The van der Waals surface area contributed by atoms with Gasteiger partial charge < -0.3 is 20.1 Å². The van der Waals surface area contributed by atoms with Gasteiger partial charge >= 0.3 is 0 Å². The fourth-order valence-corrected chi connectivity index (χ4v) is 2.49. The maximum Gasteiger partial charge on any atom is 0.296 e. The van der Waals surface area contributed by atoms with Crippen LogP contribution in [0, 0.1) is 10.1 Å². The van der Waals surface area contributed by atoms with Gasteiger partial charge in [-0.05, 0) is 12.8 Å². The third-order valence-corrected chi connectivity index (χ3v) is 3.48. The van der Waals surface area contributed by atoms with E-state index in [9.17, 15) is 10.1 Å². The van der Waals surface area contributed by atoms with Crippen LogP contribution in [-0.4, -0.2) is 38.3 Å². The Hall–Kier alpha value is -2.02. The first-order valence-electron chi connectivity index (χ1n) is 6.47. The number of benzene rings is 1. The van der Waals surface area contributed by atoms with Crippen molar-refractivity contribution in [1.82, 2.24) is 0 Å². The molecule has 1 aromatic rings. The second-order valence-electron chi connectivity index (χ2n) is 4.80. The molecule has 2 N–H and O–H groups in total. The highest BCUT2D eigenvalue weighted by molar-refractivity contribution is 5.70. The number of methoxy groups -OCH3 is 2. The highest BCUT2D eigenvalue weighted by Crippen LogP contribution is 2.40. The first-order chi connectivity index (χ1) is 9.56. The van der Waals surface area contributed by atoms with E-state index in [1.807, 2.05) is 4.90 Å². The first kappa shape index (κ1) is 14.4. The molecule has 1 saturated heterocycles. The predicted molar refractivity (Wildman–Crippen MR) is 75.6 cm³/mol. The van der Waals surface area contributed by atoms with Crippen molar-refractivity contribution in [1.29, 1.82) is 0 Å². The molecule has 110 valence electrons. The first-order valence-corrected chi connectivity index (χ1v) is 6.47. The van der Waals surface area contributed by atoms with Crippen molar-refractivity contribution < 1.29 is 14.4 Å². The van der Waals surface area contributed by atoms with E-state index in [0.29, 0.717) is 23.7 Å². The van der Waals surface area contributed by atoms with Crippen molar-refractivity contribution in [3.05, 3.63) is 22.2 Å². The fraction of sp³-hybridized carbons (Fsp3) is 0.538. The van der Waals surface area contributed by atoms with Crippen LogP contribution in [0.15, 0.2) is 12.1 Å². The summed E-state index contributed by atoms with van der Waals surface area (Å²) in [6, 6.07) is 3.08. The maximum atomic E-state index is 11.3. The average Bonchev–Trinajstić information content (AvgIpc) is 2.45. The van der Waals surface area contributed by atoms with Gasteiger partial charge in [0, 0.05) is 25.2 Å². The van der Waals surface area contributed by atoms with Gasteiger partial charge in [0.1, 0.15) is 5.69 Å². The third kappa shape index (κ3) is 2.77. The van der Waals surface area contributed by atoms with Crippen molar-refractivity contribution >= 4 is 11.4 Å². The molecule has 1 atom stereocenters. The summed E-state index contributed by atoms with van der Waals surface area (Å²) in [5.41, 5.74) is 6.49. The van der Waals surface area contributed by atoms with Gasteiger partial charge in [-0.2, -0.15) is 0 Å². The van der Waals surface area contributed by atoms with Gasteiger partial charge in [0.05, 0.1) is 25.2 Å². The lowest BCUT2D eigenvalue weighted by Gasteiger charge is -2.32. The predicted octanol–water partition coefficient (Wildman–Crippen LogP) is 1.54. The standard InChI is InChI=1S/C13H19N3O4/c1-19-12-6-10(15-5-3-4-9(14)8-15)11(16(17)18)7-13(12)20-2/h6-7,9H,3-5,8,14H2,1-2H3. The van der Waals surface area contributed by atoms with Crippen LogP contribution in [0.25, 0.3) is 0 Å². The molecule has 1 aliphatic rings. The molecule has 2 rings (SSSR count). The van der Waals surface area contributed by atoms with Crippen LogP contribution in [-0.2, 0) is 0 Å². The molecule has 1 heterocycles. The molecule has 0 spiro atoms. The molecular weight excluding hydrogens is 262 g/mol. The van der Waals surface area contributed by atoms with Gasteiger partial charge in [0.15, 0.2) is 11.5 Å². The summed E-state index contributed by atoms with van der Waals surface area (Å²) in [5.74, 6) is 0.830. The zero-order chi connectivity index (χ0) is 14.7. The molecule has 20 heavy (non-hydrogen) atoms. The minimum atomic E-state index is -0.405. The van der Waals surface area contributed by atoms with Crippen LogP contribution >= 0.6 is 0 Å². The van der Waals surface area contributed by atoms with Gasteiger partial charge in [0.25, 0.3) is 5.69 Å². The third-order valence-electron chi connectivity index (χ3n) is 3.48. The van der Waals surface area contributed by atoms with Gasteiger partial charge in [-0.25, -0.2) is 0 Å². The molecule has 7 nitrogen and oxygen atoms in total. The highest BCUT2D eigenvalue weighted by Gasteiger charge is 2.26. The number of hydrogen-bond acceptors (Lipinski definition) is 6. The average molecular weight is 281 g/mol. The molecule has 0 saturated carbocycles. The SMILES string of the molecule is COc1cc(N2CCCC(N)C2)c([N+](=O)[O-])cc1OC. The van der Waals surface area contributed by atoms with Crippen LogP contribution in [0.2, 0.25) is 0 Å². The molecule has 0 amide bonds. The molecule has 0 aliphatic carbocycles. The molecule has 1 aliphatic heterocycles. The van der Waals surface area contributed by atoms with E-state index in [2.05, 4.69) is 0 Å². The topological polar surface area (TPSA) is 90.9 Å². The Balaban J connectivity index is 2.46. The number of ether oxygens (including phenoxy) is 2. The number of anilines is 1.